The maximum Gasteiger partial charge on any atom is 0.237 e. The Balaban J connectivity index is 2.03. The fraction of sp³-hybridized carbons (Fsp3) is 0.889. The predicted octanol–water partition coefficient (Wildman–Crippen LogP) is -0.275. The number of amides is 1. The molecule has 0 bridgehead atoms. The van der Waals surface area contributed by atoms with Crippen LogP contribution in [0.1, 0.15) is 19.8 Å². The second-order valence-electron chi connectivity index (χ2n) is 4.02. The van der Waals surface area contributed by atoms with Gasteiger partial charge in [0.2, 0.25) is 5.91 Å². The summed E-state index contributed by atoms with van der Waals surface area (Å²) in [5.74, 6) is -0.165. The van der Waals surface area contributed by atoms with Gasteiger partial charge in [-0.25, -0.2) is 0 Å². The van der Waals surface area contributed by atoms with Gasteiger partial charge in [-0.1, -0.05) is 0 Å². The second-order valence-corrected chi connectivity index (χ2v) is 4.02. The van der Waals surface area contributed by atoms with E-state index in [1.165, 1.54) is 0 Å². The average Bonchev–Trinajstić information content (AvgIpc) is 2.83. The molecular weight excluding hydrogens is 168 g/mol. The molecule has 1 aliphatic carbocycles. The number of morpholine rings is 1. The SMILES string of the molecule is CC1CN(C2(C(N)=O)CC2)CCO1. The lowest BCUT2D eigenvalue weighted by Gasteiger charge is -2.35. The Bertz CT molecular complexity index is 226. The lowest BCUT2D eigenvalue weighted by Crippen LogP contribution is -2.53. The molecular formula is C9H16N2O2. The van der Waals surface area contributed by atoms with Crippen LogP contribution in [0.2, 0.25) is 0 Å². The molecule has 74 valence electrons. The molecule has 0 spiro atoms. The van der Waals surface area contributed by atoms with Crippen LogP contribution in [0.25, 0.3) is 0 Å². The van der Waals surface area contributed by atoms with Gasteiger partial charge in [-0.15, -0.1) is 0 Å². The zero-order chi connectivity index (χ0) is 9.47. The van der Waals surface area contributed by atoms with Crippen molar-refractivity contribution >= 4 is 5.91 Å². The summed E-state index contributed by atoms with van der Waals surface area (Å²) in [6.45, 7) is 4.43. The summed E-state index contributed by atoms with van der Waals surface area (Å²) in [4.78, 5) is 13.4. The maximum absolute atomic E-state index is 11.2. The number of nitrogens with zero attached hydrogens (tertiary/aromatic N) is 1. The predicted molar refractivity (Wildman–Crippen MR) is 48.1 cm³/mol. The Hall–Kier alpha value is -0.610. The van der Waals surface area contributed by atoms with Gasteiger partial charge in [0.1, 0.15) is 5.54 Å². The molecule has 13 heavy (non-hydrogen) atoms. The van der Waals surface area contributed by atoms with Gasteiger partial charge in [0.15, 0.2) is 0 Å². The number of primary amides is 1. The third-order valence-corrected chi connectivity index (χ3v) is 3.03. The van der Waals surface area contributed by atoms with Crippen LogP contribution in [0, 0.1) is 0 Å². The van der Waals surface area contributed by atoms with E-state index in [4.69, 9.17) is 10.5 Å². The molecule has 4 nitrogen and oxygen atoms in total. The fourth-order valence-electron chi connectivity index (χ4n) is 2.04. The first-order valence-electron chi connectivity index (χ1n) is 4.82. The Morgan fingerprint density at radius 2 is 2.31 bits per heavy atom. The molecule has 0 aromatic carbocycles. The number of ether oxygens (including phenoxy) is 1. The Labute approximate surface area is 78.0 Å². The van der Waals surface area contributed by atoms with Gasteiger partial charge in [0, 0.05) is 13.1 Å². The van der Waals surface area contributed by atoms with Crippen LogP contribution in [-0.2, 0) is 9.53 Å². The molecule has 0 aromatic heterocycles. The summed E-state index contributed by atoms with van der Waals surface area (Å²) in [6, 6.07) is 0. The molecule has 4 heteroatoms. The highest BCUT2D eigenvalue weighted by atomic mass is 16.5. The van der Waals surface area contributed by atoms with Crippen molar-refractivity contribution < 1.29 is 9.53 Å². The van der Waals surface area contributed by atoms with E-state index in [0.29, 0.717) is 0 Å². The minimum atomic E-state index is -0.307. The summed E-state index contributed by atoms with van der Waals surface area (Å²) in [5.41, 5.74) is 5.08. The number of hydrogen-bond acceptors (Lipinski definition) is 3. The molecule has 1 aliphatic heterocycles. The summed E-state index contributed by atoms with van der Waals surface area (Å²) in [6.07, 6.45) is 2.08. The lowest BCUT2D eigenvalue weighted by molar-refractivity contribution is -0.128. The first-order valence-corrected chi connectivity index (χ1v) is 4.82. The molecule has 1 saturated carbocycles. The molecule has 0 radical (unpaired) electrons. The normalized spacial score (nSPS) is 32.8. The summed E-state index contributed by atoms with van der Waals surface area (Å²) >= 11 is 0. The van der Waals surface area contributed by atoms with Gasteiger partial charge < -0.3 is 10.5 Å². The van der Waals surface area contributed by atoms with Crippen LogP contribution in [0.5, 0.6) is 0 Å². The number of nitrogens with two attached hydrogens (primary N) is 1. The van der Waals surface area contributed by atoms with Crippen LogP contribution in [-0.4, -0.2) is 42.1 Å². The van der Waals surface area contributed by atoms with Gasteiger partial charge in [-0.2, -0.15) is 0 Å². The van der Waals surface area contributed by atoms with E-state index < -0.39 is 0 Å². The summed E-state index contributed by atoms with van der Waals surface area (Å²) < 4.78 is 5.42. The van der Waals surface area contributed by atoms with Crippen LogP contribution < -0.4 is 5.73 Å². The molecule has 1 amide bonds. The minimum absolute atomic E-state index is 0.165. The van der Waals surface area contributed by atoms with E-state index in [2.05, 4.69) is 4.90 Å². The minimum Gasteiger partial charge on any atom is -0.376 e. The molecule has 2 fully saturated rings. The smallest absolute Gasteiger partial charge is 0.237 e. The standard InChI is InChI=1S/C9H16N2O2/c1-7-6-11(4-5-13-7)9(2-3-9)8(10)12/h7H,2-6H2,1H3,(H2,10,12). The van der Waals surface area contributed by atoms with Crippen molar-refractivity contribution in [2.45, 2.75) is 31.4 Å². The average molecular weight is 184 g/mol. The third-order valence-electron chi connectivity index (χ3n) is 3.03. The van der Waals surface area contributed by atoms with Gasteiger partial charge in [0.05, 0.1) is 12.7 Å². The van der Waals surface area contributed by atoms with E-state index in [1.54, 1.807) is 0 Å². The molecule has 1 atom stereocenters. The third kappa shape index (κ3) is 1.44. The molecule has 1 saturated heterocycles. The monoisotopic (exact) mass is 184 g/mol. The highest BCUT2D eigenvalue weighted by molar-refractivity contribution is 5.87. The van der Waals surface area contributed by atoms with Gasteiger partial charge >= 0.3 is 0 Å². The zero-order valence-corrected chi connectivity index (χ0v) is 7.95. The van der Waals surface area contributed by atoms with E-state index in [-0.39, 0.29) is 17.6 Å². The molecule has 2 aliphatic rings. The Morgan fingerprint density at radius 1 is 1.62 bits per heavy atom. The first kappa shape index (κ1) is 8.97. The number of hydrogen-bond donors (Lipinski definition) is 1. The second kappa shape index (κ2) is 2.96. The molecule has 1 unspecified atom stereocenters. The highest BCUT2D eigenvalue weighted by Gasteiger charge is 2.53. The molecule has 1 heterocycles. The van der Waals surface area contributed by atoms with Crippen LogP contribution in [0.3, 0.4) is 0 Å². The van der Waals surface area contributed by atoms with Gasteiger partial charge in [-0.05, 0) is 19.8 Å². The largest absolute Gasteiger partial charge is 0.376 e. The van der Waals surface area contributed by atoms with Crippen molar-refractivity contribution in [3.63, 3.8) is 0 Å². The van der Waals surface area contributed by atoms with E-state index >= 15 is 0 Å². The van der Waals surface area contributed by atoms with Crippen molar-refractivity contribution in [2.24, 2.45) is 5.73 Å². The molecule has 2 N–H and O–H groups in total. The Kier molecular flexibility index (Phi) is 2.04. The molecule has 0 aromatic rings. The van der Waals surface area contributed by atoms with Crippen LogP contribution in [0.15, 0.2) is 0 Å². The maximum atomic E-state index is 11.2. The van der Waals surface area contributed by atoms with Crippen molar-refractivity contribution in [1.82, 2.24) is 4.90 Å². The van der Waals surface area contributed by atoms with E-state index in [1.807, 2.05) is 6.92 Å². The van der Waals surface area contributed by atoms with Crippen LogP contribution in [0.4, 0.5) is 0 Å². The zero-order valence-electron chi connectivity index (χ0n) is 7.95. The van der Waals surface area contributed by atoms with Gasteiger partial charge in [-0.3, -0.25) is 9.69 Å². The highest BCUT2D eigenvalue weighted by Crippen LogP contribution is 2.42. The topological polar surface area (TPSA) is 55.6 Å². The van der Waals surface area contributed by atoms with Crippen molar-refractivity contribution in [3.8, 4) is 0 Å². The van der Waals surface area contributed by atoms with Crippen LogP contribution >= 0.6 is 0 Å². The van der Waals surface area contributed by atoms with Gasteiger partial charge in [0.25, 0.3) is 0 Å². The number of carbonyl (C=O) groups excluding carboxylic acids is 1. The lowest BCUT2D eigenvalue weighted by atomic mass is 10.1. The van der Waals surface area contributed by atoms with E-state index in [9.17, 15) is 4.79 Å². The first-order chi connectivity index (χ1) is 6.15. The summed E-state index contributed by atoms with van der Waals surface area (Å²) in [7, 11) is 0. The Morgan fingerprint density at radius 3 is 2.77 bits per heavy atom. The summed E-state index contributed by atoms with van der Waals surface area (Å²) in [5, 5.41) is 0. The quantitative estimate of drug-likeness (QED) is 0.642. The van der Waals surface area contributed by atoms with Crippen molar-refractivity contribution in [3.05, 3.63) is 0 Å². The number of rotatable bonds is 2. The fourth-order valence-corrected chi connectivity index (χ4v) is 2.04. The molecule has 2 rings (SSSR count). The van der Waals surface area contributed by atoms with E-state index in [0.717, 1.165) is 32.5 Å². The van der Waals surface area contributed by atoms with Crippen molar-refractivity contribution in [2.75, 3.05) is 19.7 Å². The van der Waals surface area contributed by atoms with Crippen molar-refractivity contribution in [1.29, 1.82) is 0 Å². The number of carbonyl (C=O) groups is 1.